The van der Waals surface area contributed by atoms with Crippen molar-refractivity contribution in [3.63, 3.8) is 0 Å². The number of nitrogens with zero attached hydrogens (tertiary/aromatic N) is 1. The predicted molar refractivity (Wildman–Crippen MR) is 129 cm³/mol. The molecule has 0 saturated heterocycles. The number of anilines is 1. The van der Waals surface area contributed by atoms with Gasteiger partial charge in [0.25, 0.3) is 5.56 Å². The molecule has 0 aliphatic carbocycles. The quantitative estimate of drug-likeness (QED) is 0.276. The van der Waals surface area contributed by atoms with Crippen molar-refractivity contribution in [2.75, 3.05) is 32.1 Å². The van der Waals surface area contributed by atoms with Gasteiger partial charge in [-0.3, -0.25) is 10.1 Å². The van der Waals surface area contributed by atoms with Gasteiger partial charge in [0.05, 0.1) is 31.0 Å². The molecule has 184 valence electrons. The van der Waals surface area contributed by atoms with Crippen molar-refractivity contribution in [2.24, 2.45) is 0 Å². The molecule has 1 aromatic heterocycles. The summed E-state index contributed by atoms with van der Waals surface area (Å²) in [7, 11) is 1.26. The molecule has 1 atom stereocenters. The van der Waals surface area contributed by atoms with Gasteiger partial charge in [-0.2, -0.15) is 5.10 Å². The minimum Gasteiger partial charge on any atom is -0.453 e. The van der Waals surface area contributed by atoms with Gasteiger partial charge < -0.3 is 25.2 Å². The number of amides is 2. The highest BCUT2D eigenvalue weighted by Gasteiger charge is 2.19. The third kappa shape index (κ3) is 7.66. The van der Waals surface area contributed by atoms with E-state index in [1.807, 2.05) is 30.3 Å². The lowest BCUT2D eigenvalue weighted by Crippen LogP contribution is -2.37. The molecule has 0 fully saturated rings. The Balaban J connectivity index is 1.77. The largest absolute Gasteiger partial charge is 0.453 e. The zero-order valence-corrected chi connectivity index (χ0v) is 19.1. The average molecular weight is 482 g/mol. The summed E-state index contributed by atoms with van der Waals surface area (Å²) in [6.07, 6.45) is -1.26. The first-order chi connectivity index (χ1) is 17.0. The highest BCUT2D eigenvalue weighted by Crippen LogP contribution is 2.21. The number of ether oxygens (including phenoxy) is 2. The molecule has 0 aliphatic rings. The third-order valence-electron chi connectivity index (χ3n) is 4.95. The fourth-order valence-electron chi connectivity index (χ4n) is 3.18. The first-order valence-electron chi connectivity index (χ1n) is 10.8. The van der Waals surface area contributed by atoms with Crippen molar-refractivity contribution in [3.8, 4) is 11.1 Å². The molecule has 0 aliphatic heterocycles. The van der Waals surface area contributed by atoms with Crippen LogP contribution in [0.25, 0.3) is 11.1 Å². The highest BCUT2D eigenvalue weighted by molar-refractivity contribution is 5.85. The average Bonchev–Trinajstić information content (AvgIpc) is 2.88. The number of hydrogen-bond acceptors (Lipinski definition) is 8. The Labute approximate surface area is 201 Å². The number of rotatable bonds is 10. The van der Waals surface area contributed by atoms with Crippen molar-refractivity contribution < 1.29 is 24.2 Å². The number of nitrogens with one attached hydrogen (secondary N) is 4. The van der Waals surface area contributed by atoms with Crippen LogP contribution >= 0.6 is 0 Å². The van der Waals surface area contributed by atoms with Crippen LogP contribution in [-0.2, 0) is 16.1 Å². The van der Waals surface area contributed by atoms with Crippen LogP contribution in [0.3, 0.4) is 0 Å². The zero-order valence-electron chi connectivity index (χ0n) is 19.1. The third-order valence-corrected chi connectivity index (χ3v) is 4.95. The van der Waals surface area contributed by atoms with Gasteiger partial charge >= 0.3 is 12.2 Å². The molecule has 5 N–H and O–H groups in total. The molecule has 35 heavy (non-hydrogen) atoms. The Morgan fingerprint density at radius 2 is 1.83 bits per heavy atom. The number of benzene rings is 2. The Morgan fingerprint density at radius 1 is 1.09 bits per heavy atom. The van der Waals surface area contributed by atoms with Gasteiger partial charge in [0.1, 0.15) is 6.61 Å². The maximum absolute atomic E-state index is 12.5. The fourth-order valence-corrected chi connectivity index (χ4v) is 3.18. The maximum atomic E-state index is 12.5. The Kier molecular flexibility index (Phi) is 9.34. The lowest BCUT2D eigenvalue weighted by molar-refractivity contribution is 0.135. The number of H-pyrrole nitrogens is 1. The predicted octanol–water partition coefficient (Wildman–Crippen LogP) is 2.16. The zero-order chi connectivity index (χ0) is 25.0. The summed E-state index contributed by atoms with van der Waals surface area (Å²) in [4.78, 5) is 36.3. The number of methoxy groups -OCH3 is 1. The van der Waals surface area contributed by atoms with Crippen LogP contribution in [0.5, 0.6) is 0 Å². The summed E-state index contributed by atoms with van der Waals surface area (Å²) in [5.41, 5.74) is 2.22. The Morgan fingerprint density at radius 3 is 2.51 bits per heavy atom. The van der Waals surface area contributed by atoms with E-state index in [1.54, 1.807) is 30.3 Å². The van der Waals surface area contributed by atoms with E-state index < -0.39 is 23.8 Å². The van der Waals surface area contributed by atoms with Crippen molar-refractivity contribution in [1.82, 2.24) is 20.8 Å². The van der Waals surface area contributed by atoms with Crippen molar-refractivity contribution in [3.05, 3.63) is 82.3 Å². The number of alkyl carbamates (subject to hydrolysis) is 1. The molecule has 3 rings (SSSR count). The summed E-state index contributed by atoms with van der Waals surface area (Å²) in [5.74, 6) is 0. The first kappa shape index (κ1) is 25.4. The van der Waals surface area contributed by atoms with E-state index in [0.717, 1.165) is 5.56 Å². The van der Waals surface area contributed by atoms with E-state index in [9.17, 15) is 14.4 Å². The van der Waals surface area contributed by atoms with Crippen LogP contribution < -0.4 is 21.5 Å². The second-order valence-electron chi connectivity index (χ2n) is 7.42. The van der Waals surface area contributed by atoms with Crippen LogP contribution in [0.2, 0.25) is 0 Å². The Bertz CT molecular complexity index is 1170. The number of aliphatic hydroxyl groups excluding tert-OH is 1. The molecule has 11 heteroatoms. The van der Waals surface area contributed by atoms with E-state index >= 15 is 0 Å². The molecule has 3 aromatic rings. The molecular formula is C24H27N5O6. The smallest absolute Gasteiger partial charge is 0.411 e. The summed E-state index contributed by atoms with van der Waals surface area (Å²) in [6.45, 7) is 0.560. The molecule has 1 heterocycles. The molecule has 0 saturated carbocycles. The fraction of sp³-hybridized carbons (Fsp3) is 0.250. The topological polar surface area (TPSA) is 155 Å². The number of hydrogen-bond donors (Lipinski definition) is 5. The van der Waals surface area contributed by atoms with Gasteiger partial charge in [0, 0.05) is 18.8 Å². The van der Waals surface area contributed by atoms with Gasteiger partial charge in [0.2, 0.25) is 0 Å². The molecule has 0 bridgehead atoms. The van der Waals surface area contributed by atoms with Gasteiger partial charge in [0.15, 0.2) is 0 Å². The number of aromatic nitrogens is 2. The minimum absolute atomic E-state index is 0.0819. The van der Waals surface area contributed by atoms with Gasteiger partial charge in [-0.15, -0.1) is 0 Å². The maximum Gasteiger partial charge on any atom is 0.411 e. The Hall–Kier alpha value is -4.22. The monoisotopic (exact) mass is 481 g/mol. The van der Waals surface area contributed by atoms with E-state index in [1.165, 1.54) is 7.11 Å². The minimum atomic E-state index is -0.655. The van der Waals surface area contributed by atoms with Gasteiger partial charge in [-0.1, -0.05) is 42.5 Å². The SMILES string of the molecule is COC(=O)Nc1ccc(-c2cc([C@H](CNCCO)NC(=O)OCc3ccccc3)n[nH]c2=O)cc1. The van der Waals surface area contributed by atoms with Crippen LogP contribution in [-0.4, -0.2) is 54.3 Å². The summed E-state index contributed by atoms with van der Waals surface area (Å²) < 4.78 is 9.87. The lowest BCUT2D eigenvalue weighted by Gasteiger charge is -2.19. The van der Waals surface area contributed by atoms with E-state index in [-0.39, 0.29) is 19.8 Å². The molecule has 0 spiro atoms. The lowest BCUT2D eigenvalue weighted by atomic mass is 10.0. The van der Waals surface area contributed by atoms with Crippen LogP contribution in [0.1, 0.15) is 17.3 Å². The van der Waals surface area contributed by atoms with Crippen molar-refractivity contribution >= 4 is 17.9 Å². The van der Waals surface area contributed by atoms with Crippen molar-refractivity contribution in [2.45, 2.75) is 12.6 Å². The number of aromatic amines is 1. The standard InChI is InChI=1S/C24H27N5O6/c1-34-23(32)26-18-9-7-17(8-10-18)19-13-20(28-29-22(19)31)21(14-25-11-12-30)27-24(33)35-15-16-5-3-2-4-6-16/h2-10,13,21,25,30H,11-12,14-15H2,1H3,(H,26,32)(H,27,33)(H,29,31)/t21-/m0/s1. The van der Waals surface area contributed by atoms with Crippen LogP contribution in [0, 0.1) is 0 Å². The van der Waals surface area contributed by atoms with E-state index in [0.29, 0.717) is 29.1 Å². The summed E-state index contributed by atoms with van der Waals surface area (Å²) in [5, 5.41) is 24.0. The molecule has 0 radical (unpaired) electrons. The number of carbonyl (C=O) groups is 2. The van der Waals surface area contributed by atoms with Crippen LogP contribution in [0.4, 0.5) is 15.3 Å². The second kappa shape index (κ2) is 12.9. The van der Waals surface area contributed by atoms with Gasteiger partial charge in [-0.05, 0) is 29.3 Å². The molecule has 0 unspecified atom stereocenters. The second-order valence-corrected chi connectivity index (χ2v) is 7.42. The summed E-state index contributed by atoms with van der Waals surface area (Å²) >= 11 is 0. The van der Waals surface area contributed by atoms with E-state index in [2.05, 4.69) is 30.9 Å². The normalized spacial score (nSPS) is 11.4. The first-order valence-corrected chi connectivity index (χ1v) is 10.8. The molecule has 2 amide bonds. The van der Waals surface area contributed by atoms with Crippen LogP contribution in [0.15, 0.2) is 65.5 Å². The van der Waals surface area contributed by atoms with Gasteiger partial charge in [-0.25, -0.2) is 14.7 Å². The number of carbonyl (C=O) groups excluding carboxylic acids is 2. The molecule has 11 nitrogen and oxygen atoms in total. The highest BCUT2D eigenvalue weighted by atomic mass is 16.5. The number of aliphatic hydroxyl groups is 1. The van der Waals surface area contributed by atoms with E-state index in [4.69, 9.17) is 9.84 Å². The van der Waals surface area contributed by atoms with Crippen molar-refractivity contribution in [1.29, 1.82) is 0 Å². The molecule has 2 aromatic carbocycles. The molecular weight excluding hydrogens is 454 g/mol. The summed E-state index contributed by atoms with van der Waals surface area (Å²) in [6, 6.07) is 16.8.